The van der Waals surface area contributed by atoms with Crippen LogP contribution in [0.15, 0.2) is 41.0 Å². The van der Waals surface area contributed by atoms with Crippen molar-refractivity contribution in [1.82, 2.24) is 15.0 Å². The maximum atomic E-state index is 9.55. The normalized spacial score (nSPS) is 17.4. The summed E-state index contributed by atoms with van der Waals surface area (Å²) in [4.78, 5) is 42.9. The summed E-state index contributed by atoms with van der Waals surface area (Å²) in [5.74, 6) is -2.61. The lowest BCUT2D eigenvalue weighted by Gasteiger charge is -2.35. The Morgan fingerprint density at radius 2 is 1.45 bits per heavy atom. The molecule has 5 rings (SSSR count). The first-order valence-corrected chi connectivity index (χ1v) is 16.3. The molecule has 0 amide bonds. The summed E-state index contributed by atoms with van der Waals surface area (Å²) in [6.07, 6.45) is 10.4. The van der Waals surface area contributed by atoms with Gasteiger partial charge in [0.05, 0.1) is 31.1 Å². The third-order valence-electron chi connectivity index (χ3n) is 7.96. The Labute approximate surface area is 284 Å². The van der Waals surface area contributed by atoms with Gasteiger partial charge in [-0.2, -0.15) is 0 Å². The van der Waals surface area contributed by atoms with Gasteiger partial charge in [0.25, 0.3) is 0 Å². The predicted molar refractivity (Wildman–Crippen MR) is 176 cm³/mol. The molecule has 2 saturated heterocycles. The highest BCUT2D eigenvalue weighted by atomic mass is 16.7. The second-order valence-electron chi connectivity index (χ2n) is 12.4. The SMILES string of the molecule is CN(C)Cc1c(OCC2CC2)ccc2c(CCC3CCN(CC4OCCCO4)CC3)noc12.O=C(O)C=CC(=O)O.O=C(O)C=CC(=O)O. The summed E-state index contributed by atoms with van der Waals surface area (Å²) < 4.78 is 23.5. The summed E-state index contributed by atoms with van der Waals surface area (Å²) in [5.41, 5.74) is 3.11. The first-order valence-electron chi connectivity index (χ1n) is 16.3. The van der Waals surface area contributed by atoms with E-state index in [0.717, 1.165) is 105 Å². The van der Waals surface area contributed by atoms with E-state index in [-0.39, 0.29) is 6.29 Å². The number of hydrogen-bond acceptors (Lipinski definition) is 11. The van der Waals surface area contributed by atoms with Crippen molar-refractivity contribution < 1.29 is 58.3 Å². The number of aryl methyl sites for hydroxylation is 1. The lowest BCUT2D eigenvalue weighted by molar-refractivity contribution is -0.187. The molecule has 4 N–H and O–H groups in total. The first-order chi connectivity index (χ1) is 23.4. The fourth-order valence-electron chi connectivity index (χ4n) is 5.30. The van der Waals surface area contributed by atoms with E-state index < -0.39 is 23.9 Å². The van der Waals surface area contributed by atoms with Crippen LogP contribution in [0.3, 0.4) is 0 Å². The van der Waals surface area contributed by atoms with Crippen molar-refractivity contribution in [2.75, 3.05) is 53.6 Å². The highest BCUT2D eigenvalue weighted by molar-refractivity contribution is 5.90. The van der Waals surface area contributed by atoms with E-state index in [2.05, 4.69) is 41.2 Å². The van der Waals surface area contributed by atoms with Crippen molar-refractivity contribution in [1.29, 1.82) is 0 Å². The Morgan fingerprint density at radius 1 is 0.878 bits per heavy atom. The quantitative estimate of drug-likeness (QED) is 0.209. The van der Waals surface area contributed by atoms with Gasteiger partial charge in [-0.25, -0.2) is 19.2 Å². The van der Waals surface area contributed by atoms with Crippen molar-refractivity contribution in [2.45, 2.75) is 57.8 Å². The predicted octanol–water partition coefficient (Wildman–Crippen LogP) is 3.51. The fourth-order valence-corrected chi connectivity index (χ4v) is 5.30. The second-order valence-corrected chi connectivity index (χ2v) is 12.4. The third-order valence-corrected chi connectivity index (χ3v) is 7.96. The molecule has 49 heavy (non-hydrogen) atoms. The highest BCUT2D eigenvalue weighted by Gasteiger charge is 2.26. The van der Waals surface area contributed by atoms with E-state index in [4.69, 9.17) is 39.2 Å². The molecule has 3 fully saturated rings. The third kappa shape index (κ3) is 15.2. The van der Waals surface area contributed by atoms with Crippen molar-refractivity contribution in [2.24, 2.45) is 11.8 Å². The molecular weight excluding hydrogens is 642 g/mol. The summed E-state index contributed by atoms with van der Waals surface area (Å²) in [6, 6.07) is 4.27. The lowest BCUT2D eigenvalue weighted by atomic mass is 9.91. The molecule has 1 saturated carbocycles. The number of carboxylic acids is 4. The Balaban J connectivity index is 0.000000338. The molecule has 1 aliphatic carbocycles. The van der Waals surface area contributed by atoms with E-state index >= 15 is 0 Å². The second kappa shape index (κ2) is 20.3. The first kappa shape index (κ1) is 39.1. The van der Waals surface area contributed by atoms with Crippen LogP contribution >= 0.6 is 0 Å². The van der Waals surface area contributed by atoms with Crippen molar-refractivity contribution in [3.63, 3.8) is 0 Å². The van der Waals surface area contributed by atoms with Gasteiger partial charge >= 0.3 is 23.9 Å². The number of fused-ring (bicyclic) bond motifs is 1. The average molecular weight is 690 g/mol. The molecule has 270 valence electrons. The molecule has 15 nitrogen and oxygen atoms in total. The van der Waals surface area contributed by atoms with E-state index in [9.17, 15) is 19.2 Å². The largest absolute Gasteiger partial charge is 0.493 e. The monoisotopic (exact) mass is 689 g/mol. The number of piperidine rings is 1. The van der Waals surface area contributed by atoms with Crippen LogP contribution in [0.5, 0.6) is 5.75 Å². The molecule has 2 aromatic rings. The van der Waals surface area contributed by atoms with Gasteiger partial charge in [-0.1, -0.05) is 5.16 Å². The molecule has 0 bridgehead atoms. The Hall–Kier alpha value is -4.31. The number of aromatic nitrogens is 1. The number of carboxylic acid groups (broad SMARTS) is 4. The minimum absolute atomic E-state index is 0.0358. The number of hydrogen-bond donors (Lipinski definition) is 4. The van der Waals surface area contributed by atoms with Gasteiger partial charge in [-0.3, -0.25) is 4.90 Å². The van der Waals surface area contributed by atoms with Crippen LogP contribution in [0.2, 0.25) is 0 Å². The number of carbonyl (C=O) groups is 4. The van der Waals surface area contributed by atoms with E-state index in [0.29, 0.717) is 24.3 Å². The van der Waals surface area contributed by atoms with Crippen LogP contribution in [0, 0.1) is 11.8 Å². The lowest BCUT2D eigenvalue weighted by Crippen LogP contribution is -2.42. The van der Waals surface area contributed by atoms with Crippen LogP contribution in [-0.2, 0) is 41.6 Å². The van der Waals surface area contributed by atoms with Crippen molar-refractivity contribution in [3.05, 3.63) is 47.7 Å². The summed E-state index contributed by atoms with van der Waals surface area (Å²) in [7, 11) is 4.17. The Kier molecular flexibility index (Phi) is 16.2. The molecule has 3 aliphatic rings. The topological polar surface area (TPSA) is 209 Å². The van der Waals surface area contributed by atoms with Crippen LogP contribution < -0.4 is 4.74 Å². The maximum Gasteiger partial charge on any atom is 0.328 e. The number of ether oxygens (including phenoxy) is 3. The number of benzene rings is 1. The van der Waals surface area contributed by atoms with E-state index in [1.807, 2.05) is 0 Å². The molecule has 1 aromatic carbocycles. The smallest absolute Gasteiger partial charge is 0.328 e. The zero-order chi connectivity index (χ0) is 35.8. The van der Waals surface area contributed by atoms with Crippen LogP contribution in [-0.4, -0.2) is 119 Å². The zero-order valence-corrected chi connectivity index (χ0v) is 28.0. The molecule has 2 aliphatic heterocycles. The Bertz CT molecular complexity index is 1370. The molecule has 3 heterocycles. The molecule has 1 aromatic heterocycles. The minimum atomic E-state index is -1.26. The summed E-state index contributed by atoms with van der Waals surface area (Å²) >= 11 is 0. The van der Waals surface area contributed by atoms with Crippen molar-refractivity contribution in [3.8, 4) is 5.75 Å². The fraction of sp³-hybridized carbons (Fsp3) is 0.559. The average Bonchev–Trinajstić information content (AvgIpc) is 3.80. The van der Waals surface area contributed by atoms with Gasteiger partial charge in [0.15, 0.2) is 11.9 Å². The van der Waals surface area contributed by atoms with Crippen LogP contribution in [0.25, 0.3) is 11.0 Å². The highest BCUT2D eigenvalue weighted by Crippen LogP contribution is 2.35. The molecule has 15 heteroatoms. The Morgan fingerprint density at radius 3 is 1.96 bits per heavy atom. The van der Waals surface area contributed by atoms with Gasteiger partial charge in [0.2, 0.25) is 0 Å². The van der Waals surface area contributed by atoms with Crippen LogP contribution in [0.1, 0.15) is 49.8 Å². The van der Waals surface area contributed by atoms with Gasteiger partial charge in [-0.05, 0) is 96.1 Å². The van der Waals surface area contributed by atoms with Crippen molar-refractivity contribution >= 4 is 34.8 Å². The number of rotatable bonds is 14. The summed E-state index contributed by atoms with van der Waals surface area (Å²) in [5, 5.41) is 36.9. The number of aliphatic carboxylic acids is 4. The van der Waals surface area contributed by atoms with E-state index in [1.165, 1.54) is 25.7 Å². The minimum Gasteiger partial charge on any atom is -0.493 e. The number of likely N-dealkylation sites (tertiary alicyclic amines) is 1. The molecule has 0 spiro atoms. The van der Waals surface area contributed by atoms with Gasteiger partial charge in [0.1, 0.15) is 5.75 Å². The van der Waals surface area contributed by atoms with Gasteiger partial charge < -0.3 is 44.1 Å². The standard InChI is InChI=1S/C26H39N3O4.2C4H4O4/c1-28(2)16-22-24(32-18-20-4-5-20)9-7-21-23(27-33-26(21)22)8-6-19-10-12-29(13-11-19)17-25-30-14-3-15-31-25;2*5-3(6)1-2-4(7)8/h7,9,19-20,25H,3-6,8,10-18H2,1-2H3;2*1-2H,(H,5,6)(H,7,8). The zero-order valence-electron chi connectivity index (χ0n) is 28.0. The maximum absolute atomic E-state index is 9.55. The van der Waals surface area contributed by atoms with Gasteiger partial charge in [-0.15, -0.1) is 0 Å². The molecule has 0 atom stereocenters. The molecule has 0 radical (unpaired) electrons. The van der Waals surface area contributed by atoms with Crippen LogP contribution in [0.4, 0.5) is 0 Å². The number of nitrogens with zero attached hydrogens (tertiary/aromatic N) is 3. The van der Waals surface area contributed by atoms with Gasteiger partial charge in [0, 0.05) is 42.8 Å². The molecular formula is C34H47N3O12. The van der Waals surface area contributed by atoms with E-state index in [1.54, 1.807) is 0 Å². The summed E-state index contributed by atoms with van der Waals surface area (Å²) in [6.45, 7) is 6.42. The molecule has 0 unspecified atom stereocenters.